The van der Waals surface area contributed by atoms with Crippen LogP contribution in [-0.4, -0.2) is 40.1 Å². The predicted octanol–water partition coefficient (Wildman–Crippen LogP) is 6.00. The molecule has 1 fully saturated rings. The van der Waals surface area contributed by atoms with Crippen LogP contribution in [0.1, 0.15) is 39.0 Å². The van der Waals surface area contributed by atoms with Crippen molar-refractivity contribution in [1.29, 1.82) is 0 Å². The number of nitrogens with one attached hydrogen (secondary N) is 1. The molecule has 4 rings (SSSR count). The summed E-state index contributed by atoms with van der Waals surface area (Å²) in [4.78, 5) is 31.4. The van der Waals surface area contributed by atoms with Crippen LogP contribution in [0.4, 0.5) is 23.7 Å². The number of aromatic carboxylic acids is 1. The van der Waals surface area contributed by atoms with E-state index in [1.807, 2.05) is 17.5 Å². The number of likely N-dealkylation sites (tertiary alicyclic amines) is 1. The highest BCUT2D eigenvalue weighted by molar-refractivity contribution is 7.16. The molecule has 0 spiro atoms. The van der Waals surface area contributed by atoms with E-state index in [9.17, 15) is 27.9 Å². The van der Waals surface area contributed by atoms with E-state index in [1.165, 1.54) is 34.8 Å². The van der Waals surface area contributed by atoms with Crippen LogP contribution in [0.15, 0.2) is 41.8 Å². The molecule has 1 aromatic carbocycles. The van der Waals surface area contributed by atoms with Gasteiger partial charge in [0.25, 0.3) is 0 Å². The first-order valence-corrected chi connectivity index (χ1v) is 11.4. The molecule has 2 N–H and O–H groups in total. The Balaban J connectivity index is 1.38. The van der Waals surface area contributed by atoms with Gasteiger partial charge < -0.3 is 15.3 Å². The number of aromatic nitrogens is 1. The topological polar surface area (TPSA) is 82.5 Å². The minimum absolute atomic E-state index is 0.0435. The van der Waals surface area contributed by atoms with Crippen LogP contribution in [0, 0.1) is 0 Å². The van der Waals surface area contributed by atoms with E-state index in [4.69, 9.17) is 0 Å². The van der Waals surface area contributed by atoms with E-state index >= 15 is 0 Å². The molecule has 0 bridgehead atoms. The van der Waals surface area contributed by atoms with Crippen LogP contribution in [0.5, 0.6) is 0 Å². The van der Waals surface area contributed by atoms with E-state index in [-0.39, 0.29) is 22.5 Å². The van der Waals surface area contributed by atoms with Crippen molar-refractivity contribution in [3.63, 3.8) is 0 Å². The number of hydrogen-bond donors (Lipinski definition) is 2. The molecule has 6 nitrogen and oxygen atoms in total. The Bertz CT molecular complexity index is 1100. The average Bonchev–Trinajstić information content (AvgIpc) is 3.43. The van der Waals surface area contributed by atoms with Gasteiger partial charge in [0.1, 0.15) is 10.6 Å². The zero-order valence-corrected chi connectivity index (χ0v) is 18.2. The van der Waals surface area contributed by atoms with Crippen LogP contribution in [0.2, 0.25) is 0 Å². The normalized spacial score (nSPS) is 15.0. The number of carbonyl (C=O) groups is 2. The summed E-state index contributed by atoms with van der Waals surface area (Å²) < 4.78 is 38.0. The van der Waals surface area contributed by atoms with Gasteiger partial charge in [-0.05, 0) is 48.6 Å². The Labute approximate surface area is 189 Å². The summed E-state index contributed by atoms with van der Waals surface area (Å²) in [6.45, 7) is 0.876. The maximum atomic E-state index is 12.7. The number of thiophene rings is 1. The standard InChI is InChI=1S/C21H18F3N3O3S2/c22-21(23,24)13-3-5-14(6-4-13)25-20(30)27-9-7-12(8-10-27)18-26-16(15-2-1-11-31-15)17(32-18)19(28)29/h1-6,11-12H,7-10H2,(H,25,30)(H,28,29). The molecule has 0 unspecified atom stereocenters. The third-order valence-corrected chi connectivity index (χ3v) is 7.27. The molecular weight excluding hydrogens is 463 g/mol. The summed E-state index contributed by atoms with van der Waals surface area (Å²) in [5, 5.41) is 14.8. The SMILES string of the molecule is O=C(O)c1sc(C2CCN(C(=O)Nc3ccc(C(F)(F)F)cc3)CC2)nc1-c1cccs1. The number of amides is 2. The Hall–Kier alpha value is -2.92. The maximum absolute atomic E-state index is 12.7. The molecule has 168 valence electrons. The van der Waals surface area contributed by atoms with Crippen molar-refractivity contribution in [2.45, 2.75) is 24.9 Å². The van der Waals surface area contributed by atoms with Crippen molar-refractivity contribution < 1.29 is 27.9 Å². The highest BCUT2D eigenvalue weighted by Gasteiger charge is 2.31. The third-order valence-electron chi connectivity index (χ3n) is 5.19. The third kappa shape index (κ3) is 4.78. The molecule has 0 atom stereocenters. The lowest BCUT2D eigenvalue weighted by Gasteiger charge is -2.31. The first-order valence-electron chi connectivity index (χ1n) is 9.73. The average molecular weight is 482 g/mol. The molecule has 3 aromatic rings. The lowest BCUT2D eigenvalue weighted by atomic mass is 9.98. The number of alkyl halides is 3. The number of carboxylic acids is 1. The fourth-order valence-electron chi connectivity index (χ4n) is 3.51. The summed E-state index contributed by atoms with van der Waals surface area (Å²) in [5.74, 6) is -0.965. The number of urea groups is 1. The molecule has 1 aliphatic heterocycles. The molecule has 3 heterocycles. The molecule has 32 heavy (non-hydrogen) atoms. The van der Waals surface area contributed by atoms with Crippen molar-refractivity contribution >= 4 is 40.4 Å². The number of hydrogen-bond acceptors (Lipinski definition) is 5. The Morgan fingerprint density at radius 1 is 1.12 bits per heavy atom. The van der Waals surface area contributed by atoms with Crippen LogP contribution < -0.4 is 5.32 Å². The maximum Gasteiger partial charge on any atom is 0.416 e. The van der Waals surface area contributed by atoms with E-state index in [0.29, 0.717) is 31.6 Å². The second-order valence-corrected chi connectivity index (χ2v) is 9.26. The summed E-state index contributed by atoms with van der Waals surface area (Å²) >= 11 is 2.61. The van der Waals surface area contributed by atoms with Gasteiger partial charge in [0.05, 0.1) is 15.4 Å². The summed E-state index contributed by atoms with van der Waals surface area (Å²) in [5.41, 5.74) is -0.00544. The van der Waals surface area contributed by atoms with E-state index in [2.05, 4.69) is 10.3 Å². The van der Waals surface area contributed by atoms with Crippen molar-refractivity contribution in [1.82, 2.24) is 9.88 Å². The Morgan fingerprint density at radius 3 is 2.38 bits per heavy atom. The molecule has 0 aliphatic carbocycles. The summed E-state index contributed by atoms with van der Waals surface area (Å²) in [7, 11) is 0. The van der Waals surface area contributed by atoms with Gasteiger partial charge >= 0.3 is 18.2 Å². The molecule has 2 aromatic heterocycles. The fraction of sp³-hybridized carbons (Fsp3) is 0.286. The van der Waals surface area contributed by atoms with E-state index < -0.39 is 17.7 Å². The molecular formula is C21H18F3N3O3S2. The lowest BCUT2D eigenvalue weighted by molar-refractivity contribution is -0.137. The molecule has 2 amide bonds. The first-order chi connectivity index (χ1) is 15.2. The highest BCUT2D eigenvalue weighted by atomic mass is 32.1. The predicted molar refractivity (Wildman–Crippen MR) is 116 cm³/mol. The largest absolute Gasteiger partial charge is 0.477 e. The molecule has 0 radical (unpaired) electrons. The van der Waals surface area contributed by atoms with E-state index in [1.54, 1.807) is 4.90 Å². The van der Waals surface area contributed by atoms with Crippen molar-refractivity contribution in [3.05, 3.63) is 57.2 Å². The number of carboxylic acid groups (broad SMARTS) is 1. The lowest BCUT2D eigenvalue weighted by Crippen LogP contribution is -2.40. The van der Waals surface area contributed by atoms with Crippen LogP contribution in [0.25, 0.3) is 10.6 Å². The van der Waals surface area contributed by atoms with Gasteiger partial charge in [0.2, 0.25) is 0 Å². The molecule has 0 saturated carbocycles. The number of nitrogens with zero attached hydrogens (tertiary/aromatic N) is 2. The van der Waals surface area contributed by atoms with Crippen molar-refractivity contribution in [2.75, 3.05) is 18.4 Å². The van der Waals surface area contributed by atoms with Crippen molar-refractivity contribution in [3.8, 4) is 10.6 Å². The zero-order chi connectivity index (χ0) is 22.9. The van der Waals surface area contributed by atoms with Crippen LogP contribution in [-0.2, 0) is 6.18 Å². The smallest absolute Gasteiger partial charge is 0.416 e. The molecule has 11 heteroatoms. The minimum atomic E-state index is -4.43. The van der Waals surface area contributed by atoms with Crippen molar-refractivity contribution in [2.24, 2.45) is 0 Å². The Morgan fingerprint density at radius 2 is 1.81 bits per heavy atom. The number of thiazole rings is 1. The zero-order valence-electron chi connectivity index (χ0n) is 16.6. The number of benzene rings is 1. The fourth-order valence-corrected chi connectivity index (χ4v) is 5.38. The summed E-state index contributed by atoms with van der Waals surface area (Å²) in [6, 6.07) is 7.60. The van der Waals surface area contributed by atoms with Gasteiger partial charge in [-0.15, -0.1) is 22.7 Å². The van der Waals surface area contributed by atoms with Gasteiger partial charge in [-0.3, -0.25) is 0 Å². The number of rotatable bonds is 4. The van der Waals surface area contributed by atoms with Crippen LogP contribution in [0.3, 0.4) is 0 Å². The number of halogens is 3. The number of anilines is 1. The van der Waals surface area contributed by atoms with Gasteiger partial charge in [-0.1, -0.05) is 6.07 Å². The number of piperidine rings is 1. The highest BCUT2D eigenvalue weighted by Crippen LogP contribution is 2.38. The van der Waals surface area contributed by atoms with E-state index in [0.717, 1.165) is 22.0 Å². The van der Waals surface area contributed by atoms with Gasteiger partial charge in [0.15, 0.2) is 0 Å². The van der Waals surface area contributed by atoms with Crippen LogP contribution >= 0.6 is 22.7 Å². The second-order valence-electron chi connectivity index (χ2n) is 7.28. The monoisotopic (exact) mass is 481 g/mol. The second kappa shape index (κ2) is 8.91. The minimum Gasteiger partial charge on any atom is -0.477 e. The van der Waals surface area contributed by atoms with Gasteiger partial charge in [0, 0.05) is 24.7 Å². The summed E-state index contributed by atoms with van der Waals surface area (Å²) in [6.07, 6.45) is -3.18. The molecule has 1 saturated heterocycles. The molecule has 1 aliphatic rings. The number of carbonyl (C=O) groups excluding carboxylic acids is 1. The Kier molecular flexibility index (Phi) is 6.20. The van der Waals surface area contributed by atoms with Gasteiger partial charge in [-0.25, -0.2) is 14.6 Å². The quantitative estimate of drug-likeness (QED) is 0.479. The van der Waals surface area contributed by atoms with Gasteiger partial charge in [-0.2, -0.15) is 13.2 Å². The first kappa shape index (κ1) is 22.3.